The van der Waals surface area contributed by atoms with Crippen molar-refractivity contribution in [3.8, 4) is 5.75 Å². The maximum Gasteiger partial charge on any atom is 0.336 e. The largest absolute Gasteiger partial charge is 0.483 e. The van der Waals surface area contributed by atoms with Crippen LogP contribution in [0.2, 0.25) is 0 Å². The fourth-order valence-corrected chi connectivity index (χ4v) is 3.26. The first-order chi connectivity index (χ1) is 15.1. The van der Waals surface area contributed by atoms with E-state index in [1.807, 2.05) is 6.92 Å². The average Bonchev–Trinajstić information content (AvgIpc) is 2.71. The van der Waals surface area contributed by atoms with E-state index in [0.29, 0.717) is 23.1 Å². The van der Waals surface area contributed by atoms with Gasteiger partial charge in [0.2, 0.25) is 5.91 Å². The lowest BCUT2D eigenvalue weighted by atomic mass is 10.0. The van der Waals surface area contributed by atoms with Crippen LogP contribution in [0.15, 0.2) is 27.4 Å². The molecule has 3 N–H and O–H groups in total. The smallest absolute Gasteiger partial charge is 0.336 e. The molecule has 9 heteroatoms. The number of rotatable bonds is 11. The van der Waals surface area contributed by atoms with Gasteiger partial charge in [-0.3, -0.25) is 9.59 Å². The number of ether oxygens (including phenoxy) is 1. The van der Waals surface area contributed by atoms with E-state index in [2.05, 4.69) is 17.6 Å². The second kappa shape index (κ2) is 11.3. The van der Waals surface area contributed by atoms with Gasteiger partial charge < -0.3 is 24.9 Å². The molecule has 32 heavy (non-hydrogen) atoms. The van der Waals surface area contributed by atoms with E-state index >= 15 is 0 Å². The van der Waals surface area contributed by atoms with E-state index in [4.69, 9.17) is 14.3 Å². The molecule has 0 aliphatic carbocycles. The van der Waals surface area contributed by atoms with Crippen molar-refractivity contribution < 1.29 is 28.6 Å². The molecule has 0 aliphatic heterocycles. The standard InChI is InChI=1S/C23H30N2O7/c1-5-6-7-15-10-20(28)32-17-9-14(4)8-16(21(15)17)31-12-19(27)24-11-18(26)25-22(13(2)3)23(29)30/h8-10,13,22H,5-7,11-12H2,1-4H3,(H,24,27)(H,25,26)(H,29,30)/t22-/m0/s1. The lowest BCUT2D eigenvalue weighted by Gasteiger charge is -2.18. The van der Waals surface area contributed by atoms with Crippen molar-refractivity contribution in [1.82, 2.24) is 10.6 Å². The zero-order valence-electron chi connectivity index (χ0n) is 18.8. The Bertz CT molecular complexity index is 1040. The Morgan fingerprint density at radius 3 is 2.50 bits per heavy atom. The van der Waals surface area contributed by atoms with Gasteiger partial charge in [0.1, 0.15) is 17.4 Å². The molecule has 1 aromatic heterocycles. The number of nitrogens with one attached hydrogen (secondary N) is 2. The minimum Gasteiger partial charge on any atom is -0.483 e. The van der Waals surface area contributed by atoms with Gasteiger partial charge in [0.25, 0.3) is 5.91 Å². The van der Waals surface area contributed by atoms with Gasteiger partial charge in [-0.2, -0.15) is 0 Å². The predicted molar refractivity (Wildman–Crippen MR) is 119 cm³/mol. The lowest BCUT2D eigenvalue weighted by Crippen LogP contribution is -2.48. The number of hydrogen-bond donors (Lipinski definition) is 3. The number of benzene rings is 1. The molecule has 0 unspecified atom stereocenters. The van der Waals surface area contributed by atoms with Crippen LogP contribution >= 0.6 is 0 Å². The summed E-state index contributed by atoms with van der Waals surface area (Å²) in [7, 11) is 0. The minimum atomic E-state index is -1.14. The molecule has 0 spiro atoms. The van der Waals surface area contributed by atoms with Crippen molar-refractivity contribution in [2.45, 2.75) is 53.0 Å². The molecule has 9 nitrogen and oxygen atoms in total. The highest BCUT2D eigenvalue weighted by Gasteiger charge is 2.23. The predicted octanol–water partition coefficient (Wildman–Crippen LogP) is 2.16. The van der Waals surface area contributed by atoms with Gasteiger partial charge in [0.05, 0.1) is 11.9 Å². The number of aliphatic carboxylic acids is 1. The summed E-state index contributed by atoms with van der Waals surface area (Å²) in [6.45, 7) is 6.50. The molecule has 0 bridgehead atoms. The van der Waals surface area contributed by atoms with Gasteiger partial charge in [0.15, 0.2) is 6.61 Å². The summed E-state index contributed by atoms with van der Waals surface area (Å²) in [5, 5.41) is 14.6. The van der Waals surface area contributed by atoms with Crippen LogP contribution in [0.25, 0.3) is 11.0 Å². The zero-order chi connectivity index (χ0) is 23.8. The third-order valence-corrected chi connectivity index (χ3v) is 4.89. The first-order valence-corrected chi connectivity index (χ1v) is 10.6. The average molecular weight is 447 g/mol. The number of fused-ring (bicyclic) bond motifs is 1. The SMILES string of the molecule is CCCCc1cc(=O)oc2cc(C)cc(OCC(=O)NCC(=O)N[C@H](C(=O)O)C(C)C)c12. The van der Waals surface area contributed by atoms with Crippen LogP contribution in [0, 0.1) is 12.8 Å². The highest BCUT2D eigenvalue weighted by atomic mass is 16.5. The third-order valence-electron chi connectivity index (χ3n) is 4.89. The number of aryl methyl sites for hydroxylation is 2. The Labute approximate surface area is 186 Å². The van der Waals surface area contributed by atoms with E-state index < -0.39 is 29.5 Å². The molecular formula is C23H30N2O7. The van der Waals surface area contributed by atoms with Gasteiger partial charge in [-0.15, -0.1) is 0 Å². The number of amides is 2. The molecule has 1 aromatic carbocycles. The molecule has 2 amide bonds. The molecule has 1 atom stereocenters. The number of carboxylic acids is 1. The first-order valence-electron chi connectivity index (χ1n) is 10.6. The Morgan fingerprint density at radius 1 is 1.16 bits per heavy atom. The number of carboxylic acid groups (broad SMARTS) is 1. The van der Waals surface area contributed by atoms with Gasteiger partial charge in [-0.25, -0.2) is 9.59 Å². The first kappa shape index (κ1) is 24.9. The van der Waals surface area contributed by atoms with Crippen LogP contribution in [-0.4, -0.2) is 42.1 Å². The summed E-state index contributed by atoms with van der Waals surface area (Å²) in [4.78, 5) is 47.3. The number of unbranched alkanes of at least 4 members (excludes halogenated alkanes) is 1. The molecule has 174 valence electrons. The van der Waals surface area contributed by atoms with E-state index in [0.717, 1.165) is 24.0 Å². The van der Waals surface area contributed by atoms with Crippen molar-refractivity contribution in [1.29, 1.82) is 0 Å². The lowest BCUT2D eigenvalue weighted by molar-refractivity contribution is -0.143. The van der Waals surface area contributed by atoms with Crippen LogP contribution in [-0.2, 0) is 20.8 Å². The fraction of sp³-hybridized carbons (Fsp3) is 0.478. The van der Waals surface area contributed by atoms with Crippen molar-refractivity contribution in [3.63, 3.8) is 0 Å². The molecular weight excluding hydrogens is 416 g/mol. The summed E-state index contributed by atoms with van der Waals surface area (Å²) in [5.74, 6) is -2.17. The van der Waals surface area contributed by atoms with Crippen molar-refractivity contribution in [3.05, 3.63) is 39.7 Å². The van der Waals surface area contributed by atoms with Crippen LogP contribution < -0.4 is 21.0 Å². The summed E-state index contributed by atoms with van der Waals surface area (Å²) >= 11 is 0. The maximum absolute atomic E-state index is 12.2. The van der Waals surface area contributed by atoms with Gasteiger partial charge in [-0.1, -0.05) is 27.2 Å². The van der Waals surface area contributed by atoms with E-state index in [1.165, 1.54) is 6.07 Å². The maximum atomic E-state index is 12.2. The van der Waals surface area contributed by atoms with Gasteiger partial charge in [-0.05, 0) is 48.9 Å². The summed E-state index contributed by atoms with van der Waals surface area (Å²) in [6, 6.07) is 3.91. The van der Waals surface area contributed by atoms with Crippen molar-refractivity contribution in [2.24, 2.45) is 5.92 Å². The van der Waals surface area contributed by atoms with Crippen LogP contribution in [0.1, 0.15) is 44.7 Å². The number of carbonyl (C=O) groups excluding carboxylic acids is 2. The van der Waals surface area contributed by atoms with E-state index in [9.17, 15) is 19.2 Å². The van der Waals surface area contributed by atoms with Crippen LogP contribution in [0.3, 0.4) is 0 Å². The quantitative estimate of drug-likeness (QED) is 0.450. The molecule has 0 fully saturated rings. The topological polar surface area (TPSA) is 135 Å². The second-order valence-electron chi connectivity index (χ2n) is 8.02. The highest BCUT2D eigenvalue weighted by Crippen LogP contribution is 2.30. The van der Waals surface area contributed by atoms with Crippen molar-refractivity contribution >= 4 is 28.8 Å². The summed E-state index contributed by atoms with van der Waals surface area (Å²) in [5.41, 5.74) is 1.55. The molecule has 0 saturated carbocycles. The van der Waals surface area contributed by atoms with E-state index in [1.54, 1.807) is 26.0 Å². The second-order valence-corrected chi connectivity index (χ2v) is 8.02. The molecule has 0 radical (unpaired) electrons. The zero-order valence-corrected chi connectivity index (χ0v) is 18.8. The molecule has 0 aliphatic rings. The summed E-state index contributed by atoms with van der Waals surface area (Å²) in [6.07, 6.45) is 2.51. The van der Waals surface area contributed by atoms with Crippen molar-refractivity contribution in [2.75, 3.05) is 13.2 Å². The molecule has 0 saturated heterocycles. The Balaban J connectivity index is 2.07. The van der Waals surface area contributed by atoms with Crippen LogP contribution in [0.5, 0.6) is 5.75 Å². The minimum absolute atomic E-state index is 0.299. The Hall–Kier alpha value is -3.36. The molecule has 2 rings (SSSR count). The number of hydrogen-bond acceptors (Lipinski definition) is 6. The fourth-order valence-electron chi connectivity index (χ4n) is 3.26. The monoisotopic (exact) mass is 446 g/mol. The van der Waals surface area contributed by atoms with Gasteiger partial charge in [0, 0.05) is 6.07 Å². The number of carbonyl (C=O) groups is 3. The van der Waals surface area contributed by atoms with Crippen LogP contribution in [0.4, 0.5) is 0 Å². The third kappa shape index (κ3) is 6.83. The Kier molecular flexibility index (Phi) is 8.80. The highest BCUT2D eigenvalue weighted by molar-refractivity contribution is 5.90. The van der Waals surface area contributed by atoms with E-state index in [-0.39, 0.29) is 19.1 Å². The summed E-state index contributed by atoms with van der Waals surface area (Å²) < 4.78 is 11.0. The molecule has 1 heterocycles. The van der Waals surface area contributed by atoms with Gasteiger partial charge >= 0.3 is 11.6 Å². The Morgan fingerprint density at radius 2 is 1.88 bits per heavy atom. The normalized spacial score (nSPS) is 11.9. The molecule has 2 aromatic rings.